The maximum Gasteiger partial charge on any atom is 0.325 e. The summed E-state index contributed by atoms with van der Waals surface area (Å²) in [5, 5.41) is 3.00. The molecule has 0 unspecified atom stereocenters. The summed E-state index contributed by atoms with van der Waals surface area (Å²) < 4.78 is 3.66. The van der Waals surface area contributed by atoms with E-state index in [2.05, 4.69) is 62.3 Å². The first kappa shape index (κ1) is 28.1. The largest absolute Gasteiger partial charge is 0.370 e. The third kappa shape index (κ3) is 4.80. The second-order valence-electron chi connectivity index (χ2n) is 12.7. The molecular formula is C33H38N8O3. The lowest BCUT2D eigenvalue weighted by atomic mass is 9.82. The SMILES string of the molecule is Cc1cc(N2CC[C@@](C)(c3ccccc3)C2)cc(=O)n1CCCN1C(=O)NC2(CCN(c3nccn4ccnc34)CC2)C1=O. The van der Waals surface area contributed by atoms with Crippen molar-refractivity contribution in [3.63, 3.8) is 0 Å². The molecule has 11 nitrogen and oxygen atoms in total. The Labute approximate surface area is 256 Å². The minimum atomic E-state index is -0.896. The van der Waals surface area contributed by atoms with Gasteiger partial charge in [0.2, 0.25) is 0 Å². The van der Waals surface area contributed by atoms with Gasteiger partial charge >= 0.3 is 6.03 Å². The van der Waals surface area contributed by atoms with E-state index < -0.39 is 5.54 Å². The predicted octanol–water partition coefficient (Wildman–Crippen LogP) is 3.35. The zero-order chi connectivity index (χ0) is 30.5. The summed E-state index contributed by atoms with van der Waals surface area (Å²) in [6, 6.07) is 14.0. The van der Waals surface area contributed by atoms with Crippen molar-refractivity contribution in [2.24, 2.45) is 0 Å². The molecule has 6 heterocycles. The van der Waals surface area contributed by atoms with Gasteiger partial charge in [-0.05, 0) is 44.2 Å². The predicted molar refractivity (Wildman–Crippen MR) is 168 cm³/mol. The van der Waals surface area contributed by atoms with E-state index in [1.807, 2.05) is 29.8 Å². The molecule has 0 bridgehead atoms. The molecule has 4 aromatic rings. The highest BCUT2D eigenvalue weighted by molar-refractivity contribution is 6.07. The molecule has 1 atom stereocenters. The monoisotopic (exact) mass is 594 g/mol. The lowest BCUT2D eigenvalue weighted by Crippen LogP contribution is -2.55. The molecule has 7 rings (SSSR count). The Morgan fingerprint density at radius 2 is 1.61 bits per heavy atom. The fourth-order valence-electron chi connectivity index (χ4n) is 7.21. The minimum Gasteiger partial charge on any atom is -0.370 e. The topological polar surface area (TPSA) is 108 Å². The van der Waals surface area contributed by atoms with Gasteiger partial charge in [0.25, 0.3) is 11.5 Å². The minimum absolute atomic E-state index is 0.0473. The van der Waals surface area contributed by atoms with Gasteiger partial charge in [-0.15, -0.1) is 0 Å². The van der Waals surface area contributed by atoms with Crippen molar-refractivity contribution in [1.29, 1.82) is 0 Å². The summed E-state index contributed by atoms with van der Waals surface area (Å²) in [5.74, 6) is 0.604. The van der Waals surface area contributed by atoms with Gasteiger partial charge in [-0.1, -0.05) is 37.3 Å². The number of hydrogen-bond acceptors (Lipinski definition) is 7. The van der Waals surface area contributed by atoms with Crippen LogP contribution >= 0.6 is 0 Å². The van der Waals surface area contributed by atoms with Crippen LogP contribution in [0.3, 0.4) is 0 Å². The fourth-order valence-corrected chi connectivity index (χ4v) is 7.21. The summed E-state index contributed by atoms with van der Waals surface area (Å²) in [6.07, 6.45) is 9.74. The van der Waals surface area contributed by atoms with E-state index >= 15 is 0 Å². The number of imidazole rings is 1. The highest BCUT2D eigenvalue weighted by Gasteiger charge is 2.52. The standard InChI is InChI=1S/C33H38N8O3/c1-24-21-26(39-16-9-32(2,23-39)25-7-4-3-5-8-25)22-27(42)40(24)14-6-15-41-30(43)33(36-31(41)44)10-17-37(18-11-33)28-29-35-13-20-38(29)19-12-34-28/h3-5,7-8,12-13,19-22H,6,9-11,14-18,23H2,1-2H3,(H,36,44)/t32-/m1/s1. The highest BCUT2D eigenvalue weighted by Crippen LogP contribution is 2.36. The third-order valence-electron chi connectivity index (χ3n) is 9.85. The molecule has 0 radical (unpaired) electrons. The van der Waals surface area contributed by atoms with E-state index in [4.69, 9.17) is 0 Å². The van der Waals surface area contributed by atoms with Crippen molar-refractivity contribution in [2.45, 2.75) is 57.0 Å². The van der Waals surface area contributed by atoms with Crippen LogP contribution in [0, 0.1) is 6.92 Å². The Bertz CT molecular complexity index is 1770. The zero-order valence-corrected chi connectivity index (χ0v) is 25.3. The van der Waals surface area contributed by atoms with Crippen LogP contribution in [0.25, 0.3) is 5.65 Å². The summed E-state index contributed by atoms with van der Waals surface area (Å²) >= 11 is 0. The van der Waals surface area contributed by atoms with Crippen LogP contribution < -0.4 is 20.7 Å². The van der Waals surface area contributed by atoms with Crippen molar-refractivity contribution >= 4 is 29.1 Å². The maximum atomic E-state index is 13.5. The molecule has 1 spiro atoms. The number of nitrogens with one attached hydrogen (secondary N) is 1. The normalized spacial score (nSPS) is 21.5. The quantitative estimate of drug-likeness (QED) is 0.327. The van der Waals surface area contributed by atoms with E-state index in [0.717, 1.165) is 42.4 Å². The van der Waals surface area contributed by atoms with Crippen LogP contribution in [0.5, 0.6) is 0 Å². The molecular weight excluding hydrogens is 556 g/mol. The number of benzene rings is 1. The molecule has 228 valence electrons. The van der Waals surface area contributed by atoms with E-state index in [1.54, 1.807) is 23.0 Å². The Morgan fingerprint density at radius 3 is 2.36 bits per heavy atom. The van der Waals surface area contributed by atoms with Crippen LogP contribution in [0.1, 0.15) is 43.9 Å². The molecule has 3 fully saturated rings. The number of carbonyl (C=O) groups excluding carboxylic acids is 2. The number of nitrogens with zero attached hydrogens (tertiary/aromatic N) is 7. The van der Waals surface area contributed by atoms with Crippen LogP contribution in [0.2, 0.25) is 0 Å². The number of imide groups is 1. The van der Waals surface area contributed by atoms with Crippen LogP contribution in [-0.2, 0) is 16.8 Å². The van der Waals surface area contributed by atoms with Crippen molar-refractivity contribution in [2.75, 3.05) is 42.5 Å². The average Bonchev–Trinajstić information content (AvgIpc) is 3.73. The van der Waals surface area contributed by atoms with E-state index in [0.29, 0.717) is 38.9 Å². The van der Waals surface area contributed by atoms with Crippen LogP contribution in [-0.4, -0.2) is 74.0 Å². The molecule has 0 aliphatic carbocycles. The number of pyridine rings is 1. The molecule has 1 aromatic carbocycles. The number of carbonyl (C=O) groups is 2. The van der Waals surface area contributed by atoms with E-state index in [1.165, 1.54) is 10.5 Å². The number of urea groups is 1. The van der Waals surface area contributed by atoms with Gasteiger partial charge in [-0.2, -0.15) is 0 Å². The number of piperidine rings is 1. The molecule has 3 saturated heterocycles. The van der Waals surface area contributed by atoms with Gasteiger partial charge in [0.05, 0.1) is 0 Å². The van der Waals surface area contributed by atoms with Crippen molar-refractivity contribution in [3.8, 4) is 0 Å². The van der Waals surface area contributed by atoms with Gasteiger partial charge in [0.15, 0.2) is 11.5 Å². The molecule has 11 heteroatoms. The molecule has 3 amide bonds. The Hall–Kier alpha value is -4.67. The first-order valence-corrected chi connectivity index (χ1v) is 15.5. The summed E-state index contributed by atoms with van der Waals surface area (Å²) in [6.45, 7) is 7.87. The van der Waals surface area contributed by atoms with Gasteiger partial charge in [-0.3, -0.25) is 14.5 Å². The number of anilines is 2. The molecule has 1 N–H and O–H groups in total. The van der Waals surface area contributed by atoms with Crippen molar-refractivity contribution in [1.82, 2.24) is 29.2 Å². The molecule has 0 saturated carbocycles. The molecule has 3 aromatic heterocycles. The van der Waals surface area contributed by atoms with Crippen molar-refractivity contribution < 1.29 is 9.59 Å². The van der Waals surface area contributed by atoms with Crippen LogP contribution in [0.4, 0.5) is 16.3 Å². The number of hydrogen-bond donors (Lipinski definition) is 1. The molecule has 44 heavy (non-hydrogen) atoms. The van der Waals surface area contributed by atoms with Crippen molar-refractivity contribution in [3.05, 3.63) is 88.9 Å². The van der Waals surface area contributed by atoms with Gasteiger partial charge in [0, 0.05) is 86.9 Å². The highest BCUT2D eigenvalue weighted by atomic mass is 16.2. The summed E-state index contributed by atoms with van der Waals surface area (Å²) in [5.41, 5.74) is 3.02. The van der Waals surface area contributed by atoms with E-state index in [9.17, 15) is 14.4 Å². The Morgan fingerprint density at radius 1 is 0.886 bits per heavy atom. The Balaban J connectivity index is 0.967. The third-order valence-corrected chi connectivity index (χ3v) is 9.85. The summed E-state index contributed by atoms with van der Waals surface area (Å²) in [4.78, 5) is 54.4. The average molecular weight is 595 g/mol. The second-order valence-corrected chi connectivity index (χ2v) is 12.7. The number of fused-ring (bicyclic) bond motifs is 1. The smallest absolute Gasteiger partial charge is 0.325 e. The van der Waals surface area contributed by atoms with Gasteiger partial charge < -0.3 is 24.1 Å². The summed E-state index contributed by atoms with van der Waals surface area (Å²) in [7, 11) is 0. The Kier molecular flexibility index (Phi) is 6.90. The maximum absolute atomic E-state index is 13.5. The van der Waals surface area contributed by atoms with Gasteiger partial charge in [0.1, 0.15) is 5.54 Å². The van der Waals surface area contributed by atoms with Crippen LogP contribution in [0.15, 0.2) is 72.0 Å². The zero-order valence-electron chi connectivity index (χ0n) is 25.3. The first-order valence-electron chi connectivity index (χ1n) is 15.5. The lowest BCUT2D eigenvalue weighted by Gasteiger charge is -2.37. The first-order chi connectivity index (χ1) is 21.3. The number of rotatable bonds is 7. The molecule has 3 aliphatic heterocycles. The second kappa shape index (κ2) is 10.8. The molecule has 3 aliphatic rings. The van der Waals surface area contributed by atoms with Gasteiger partial charge in [-0.25, -0.2) is 14.8 Å². The number of amides is 3. The number of aryl methyl sites for hydroxylation is 1. The fraction of sp³-hybridized carbons (Fsp3) is 0.424. The number of aromatic nitrogens is 4. The van der Waals surface area contributed by atoms with E-state index in [-0.39, 0.29) is 29.5 Å². The lowest BCUT2D eigenvalue weighted by molar-refractivity contribution is -0.132.